The Morgan fingerprint density at radius 1 is 1.16 bits per heavy atom. The quantitative estimate of drug-likeness (QED) is 0.773. The molecule has 2 atom stereocenters. The number of amides is 1. The molecule has 0 radical (unpaired) electrons. The van der Waals surface area contributed by atoms with Crippen LogP contribution in [0.4, 0.5) is 5.69 Å². The molecule has 5 nitrogen and oxygen atoms in total. The van der Waals surface area contributed by atoms with Crippen molar-refractivity contribution in [3.63, 3.8) is 0 Å². The molecule has 1 amide bonds. The number of hydrogen-bond acceptors (Lipinski definition) is 4. The van der Waals surface area contributed by atoms with E-state index in [-0.39, 0.29) is 5.56 Å². The molecule has 0 aliphatic rings. The highest BCUT2D eigenvalue weighted by Gasteiger charge is 2.22. The molecular weight excluding hydrogens is 385 g/mol. The van der Waals surface area contributed by atoms with Crippen LogP contribution in [0.2, 0.25) is 10.0 Å². The van der Waals surface area contributed by atoms with Crippen molar-refractivity contribution in [2.24, 2.45) is 0 Å². The fourth-order valence-corrected chi connectivity index (χ4v) is 3.06. The van der Waals surface area contributed by atoms with Gasteiger partial charge in [-0.05, 0) is 37.3 Å². The normalized spacial score (nSPS) is 13.0. The van der Waals surface area contributed by atoms with Crippen LogP contribution in [0.5, 0.6) is 0 Å². The highest BCUT2D eigenvalue weighted by molar-refractivity contribution is 7.84. The summed E-state index contributed by atoms with van der Waals surface area (Å²) in [5, 5.41) is 3.27. The van der Waals surface area contributed by atoms with E-state index in [1.807, 2.05) is 0 Å². The molecule has 1 N–H and O–H groups in total. The lowest BCUT2D eigenvalue weighted by Gasteiger charge is -2.15. The second kappa shape index (κ2) is 8.47. The highest BCUT2D eigenvalue weighted by Crippen LogP contribution is 2.25. The first-order valence-corrected chi connectivity index (χ1v) is 9.50. The molecule has 0 saturated heterocycles. The third-order valence-electron chi connectivity index (χ3n) is 3.26. The molecule has 2 aromatic carbocycles. The van der Waals surface area contributed by atoms with Crippen molar-refractivity contribution in [2.45, 2.75) is 17.9 Å². The number of nitrogens with one attached hydrogen (secondary N) is 1. The third kappa shape index (κ3) is 5.04. The van der Waals surface area contributed by atoms with Gasteiger partial charge in [0.2, 0.25) is 0 Å². The molecule has 2 aromatic rings. The number of benzene rings is 2. The molecule has 8 heteroatoms. The molecule has 25 heavy (non-hydrogen) atoms. The number of halogens is 2. The van der Waals surface area contributed by atoms with Crippen molar-refractivity contribution in [3.8, 4) is 0 Å². The number of carbonyl (C=O) groups excluding carboxylic acids is 2. The van der Waals surface area contributed by atoms with Crippen LogP contribution in [0.25, 0.3) is 0 Å². The largest absolute Gasteiger partial charge is 0.449 e. The maximum Gasteiger partial charge on any atom is 0.340 e. The van der Waals surface area contributed by atoms with Gasteiger partial charge in [-0.25, -0.2) is 4.79 Å². The molecule has 0 fully saturated rings. The van der Waals surface area contributed by atoms with E-state index >= 15 is 0 Å². The molecule has 2 rings (SSSR count). The van der Waals surface area contributed by atoms with E-state index in [1.165, 1.54) is 25.3 Å². The summed E-state index contributed by atoms with van der Waals surface area (Å²) in [6, 6.07) is 11.0. The SMILES string of the molecule is C[C@@H](OC(=O)c1ccccc1[S@](C)=O)C(=O)Nc1cc(Cl)ccc1Cl. The van der Waals surface area contributed by atoms with Gasteiger partial charge in [0, 0.05) is 11.3 Å². The molecule has 0 aliphatic carbocycles. The number of esters is 1. The predicted molar refractivity (Wildman–Crippen MR) is 98.7 cm³/mol. The fraction of sp³-hybridized carbons (Fsp3) is 0.176. The highest BCUT2D eigenvalue weighted by atomic mass is 35.5. The Morgan fingerprint density at radius 3 is 2.52 bits per heavy atom. The Bertz CT molecular complexity index is 841. The summed E-state index contributed by atoms with van der Waals surface area (Å²) >= 11 is 11.9. The van der Waals surface area contributed by atoms with Gasteiger partial charge < -0.3 is 10.1 Å². The fourth-order valence-electron chi connectivity index (χ4n) is 1.99. The topological polar surface area (TPSA) is 72.5 Å². The smallest absolute Gasteiger partial charge is 0.340 e. The van der Waals surface area contributed by atoms with E-state index in [0.29, 0.717) is 20.6 Å². The lowest BCUT2D eigenvalue weighted by Crippen LogP contribution is -2.30. The number of carbonyl (C=O) groups is 2. The Hall–Kier alpha value is -1.89. The Balaban J connectivity index is 2.10. The monoisotopic (exact) mass is 399 g/mol. The number of hydrogen-bond donors (Lipinski definition) is 1. The standard InChI is InChI=1S/C17H15Cl2NO4S/c1-10(16(21)20-14-9-11(18)7-8-13(14)19)24-17(22)12-5-3-4-6-15(12)25(2)23/h3-10H,1-2H3,(H,20,21)/t10-,25+/m1/s1. The van der Waals surface area contributed by atoms with Crippen LogP contribution < -0.4 is 5.32 Å². The van der Waals surface area contributed by atoms with Gasteiger partial charge in [-0.15, -0.1) is 0 Å². The van der Waals surface area contributed by atoms with Crippen LogP contribution >= 0.6 is 23.2 Å². The molecule has 0 saturated carbocycles. The van der Waals surface area contributed by atoms with Crippen molar-refractivity contribution < 1.29 is 18.5 Å². The van der Waals surface area contributed by atoms with Gasteiger partial charge in [0.1, 0.15) is 0 Å². The van der Waals surface area contributed by atoms with Crippen LogP contribution in [0.3, 0.4) is 0 Å². The van der Waals surface area contributed by atoms with Crippen molar-refractivity contribution in [2.75, 3.05) is 11.6 Å². The van der Waals surface area contributed by atoms with E-state index < -0.39 is 28.8 Å². The summed E-state index contributed by atoms with van der Waals surface area (Å²) in [4.78, 5) is 24.8. The summed E-state index contributed by atoms with van der Waals surface area (Å²) in [6.45, 7) is 1.43. The zero-order valence-corrected chi connectivity index (χ0v) is 15.7. The van der Waals surface area contributed by atoms with Crippen LogP contribution in [-0.4, -0.2) is 28.4 Å². The third-order valence-corrected chi connectivity index (χ3v) is 4.80. The lowest BCUT2D eigenvalue weighted by atomic mass is 10.2. The first-order valence-electron chi connectivity index (χ1n) is 7.19. The van der Waals surface area contributed by atoms with Crippen LogP contribution in [0.15, 0.2) is 47.4 Å². The summed E-state index contributed by atoms with van der Waals surface area (Å²) in [7, 11) is -1.36. The van der Waals surface area contributed by atoms with Crippen molar-refractivity contribution in [3.05, 3.63) is 58.1 Å². The minimum absolute atomic E-state index is 0.156. The molecule has 0 aliphatic heterocycles. The van der Waals surface area contributed by atoms with E-state index in [2.05, 4.69) is 5.32 Å². The first kappa shape index (κ1) is 19.4. The molecule has 0 heterocycles. The number of ether oxygens (including phenoxy) is 1. The van der Waals surface area contributed by atoms with Crippen LogP contribution in [0, 0.1) is 0 Å². The van der Waals surface area contributed by atoms with Gasteiger partial charge in [0.25, 0.3) is 5.91 Å². The minimum Gasteiger partial charge on any atom is -0.449 e. The van der Waals surface area contributed by atoms with Gasteiger partial charge in [0.15, 0.2) is 6.10 Å². The Kier molecular flexibility index (Phi) is 6.58. The van der Waals surface area contributed by atoms with E-state index in [1.54, 1.807) is 30.3 Å². The minimum atomic E-state index is -1.36. The first-order chi connectivity index (χ1) is 11.8. The van der Waals surface area contributed by atoms with Gasteiger partial charge in [-0.2, -0.15) is 0 Å². The lowest BCUT2D eigenvalue weighted by molar-refractivity contribution is -0.123. The molecule has 0 aromatic heterocycles. The van der Waals surface area contributed by atoms with E-state index in [9.17, 15) is 13.8 Å². The van der Waals surface area contributed by atoms with Crippen molar-refractivity contribution in [1.82, 2.24) is 0 Å². The summed E-state index contributed by atoms with van der Waals surface area (Å²) < 4.78 is 16.9. The van der Waals surface area contributed by atoms with E-state index in [0.717, 1.165) is 0 Å². The maximum atomic E-state index is 12.3. The van der Waals surface area contributed by atoms with Crippen LogP contribution in [-0.2, 0) is 20.3 Å². The maximum absolute atomic E-state index is 12.3. The Labute approximate surface area is 157 Å². The predicted octanol–water partition coefficient (Wildman–Crippen LogP) is 3.91. The van der Waals surface area contributed by atoms with Crippen molar-refractivity contribution in [1.29, 1.82) is 0 Å². The van der Waals surface area contributed by atoms with Gasteiger partial charge in [-0.3, -0.25) is 9.00 Å². The van der Waals surface area contributed by atoms with Gasteiger partial charge in [0.05, 0.1) is 32.0 Å². The average Bonchev–Trinajstić information content (AvgIpc) is 2.57. The number of anilines is 1. The molecular formula is C17H15Cl2NO4S. The summed E-state index contributed by atoms with van der Waals surface area (Å²) in [5.74, 6) is -1.29. The van der Waals surface area contributed by atoms with Crippen molar-refractivity contribution >= 4 is 51.6 Å². The van der Waals surface area contributed by atoms with Crippen LogP contribution in [0.1, 0.15) is 17.3 Å². The molecule has 0 bridgehead atoms. The van der Waals surface area contributed by atoms with E-state index in [4.69, 9.17) is 27.9 Å². The molecule has 132 valence electrons. The van der Waals surface area contributed by atoms with Gasteiger partial charge >= 0.3 is 5.97 Å². The summed E-state index contributed by atoms with van der Waals surface area (Å²) in [5.41, 5.74) is 0.473. The molecule has 0 unspecified atom stereocenters. The number of rotatable bonds is 5. The second-order valence-corrected chi connectivity index (χ2v) is 7.30. The summed E-state index contributed by atoms with van der Waals surface area (Å²) in [6.07, 6.45) is 0.379. The second-order valence-electron chi connectivity index (χ2n) is 5.11. The zero-order chi connectivity index (χ0) is 18.6. The average molecular weight is 400 g/mol. The zero-order valence-electron chi connectivity index (χ0n) is 13.4. The molecule has 0 spiro atoms. The van der Waals surface area contributed by atoms with Gasteiger partial charge in [-0.1, -0.05) is 35.3 Å². The Morgan fingerprint density at radius 2 is 1.84 bits per heavy atom.